The number of rotatable bonds is 1. The Kier molecular flexibility index (Phi) is 2.25. The Hall–Kier alpha value is -1.69. The minimum atomic E-state index is -1.02. The molecule has 0 aromatic carbocycles. The van der Waals surface area contributed by atoms with E-state index in [0.29, 0.717) is 10.7 Å². The van der Waals surface area contributed by atoms with E-state index in [1.807, 2.05) is 0 Å². The Bertz CT molecular complexity index is 621. The van der Waals surface area contributed by atoms with E-state index < -0.39 is 5.97 Å². The quantitative estimate of drug-likeness (QED) is 0.782. The third-order valence-corrected chi connectivity index (χ3v) is 3.52. The Morgan fingerprint density at radius 3 is 2.94 bits per heavy atom. The molecule has 1 aliphatic carbocycles. The number of nitrogens with zero attached hydrogens (tertiary/aromatic N) is 3. The molecule has 1 N–H and O–H groups in total. The Labute approximate surface area is 103 Å². The van der Waals surface area contributed by atoms with Gasteiger partial charge >= 0.3 is 5.97 Å². The van der Waals surface area contributed by atoms with Crippen LogP contribution in [0.5, 0.6) is 0 Å². The van der Waals surface area contributed by atoms with Crippen molar-refractivity contribution in [3.8, 4) is 0 Å². The van der Waals surface area contributed by atoms with Crippen LogP contribution in [-0.4, -0.2) is 25.7 Å². The van der Waals surface area contributed by atoms with Gasteiger partial charge in [0.25, 0.3) is 0 Å². The van der Waals surface area contributed by atoms with Crippen molar-refractivity contribution in [2.45, 2.75) is 30.7 Å². The van der Waals surface area contributed by atoms with E-state index in [1.165, 1.54) is 10.7 Å². The molecule has 0 saturated heterocycles. The number of aryl methyl sites for hydroxylation is 1. The third kappa shape index (κ3) is 1.48. The van der Waals surface area contributed by atoms with Crippen LogP contribution in [-0.2, 0) is 12.8 Å². The average Bonchev–Trinajstić information content (AvgIpc) is 2.73. The number of hydrogen-bond donors (Lipinski definition) is 1. The van der Waals surface area contributed by atoms with Gasteiger partial charge in [0.15, 0.2) is 5.65 Å². The van der Waals surface area contributed by atoms with Gasteiger partial charge in [0.2, 0.25) is 0 Å². The van der Waals surface area contributed by atoms with E-state index in [2.05, 4.69) is 10.1 Å². The Morgan fingerprint density at radius 2 is 2.18 bits per heavy atom. The molecule has 1 radical (unpaired) electrons. The van der Waals surface area contributed by atoms with Gasteiger partial charge in [-0.25, -0.2) is 14.3 Å². The van der Waals surface area contributed by atoms with Gasteiger partial charge in [0.05, 0.1) is 6.20 Å². The molecule has 0 saturated carbocycles. The molecule has 17 heavy (non-hydrogen) atoms. The minimum absolute atomic E-state index is 0.115. The summed E-state index contributed by atoms with van der Waals surface area (Å²) in [5.41, 5.74) is 2.48. The Balaban J connectivity index is 2.34. The number of fused-ring (bicyclic) bond motifs is 2. The highest BCUT2D eigenvalue weighted by atomic mass is 32.1. The molecular formula is C11H10N3O2S. The van der Waals surface area contributed by atoms with E-state index in [4.69, 9.17) is 17.7 Å². The van der Waals surface area contributed by atoms with Crippen LogP contribution >= 0.6 is 12.6 Å². The first kappa shape index (κ1) is 10.5. The molecule has 0 amide bonds. The van der Waals surface area contributed by atoms with E-state index in [1.54, 1.807) is 0 Å². The SMILES string of the molecule is O=C(O)c1cnn2c([S])c3c(nc12)CCCC3. The average molecular weight is 248 g/mol. The van der Waals surface area contributed by atoms with E-state index in [-0.39, 0.29) is 5.56 Å². The van der Waals surface area contributed by atoms with Gasteiger partial charge < -0.3 is 5.11 Å². The number of aromatic carboxylic acids is 1. The van der Waals surface area contributed by atoms with Crippen LogP contribution in [0, 0.1) is 0 Å². The molecule has 87 valence electrons. The van der Waals surface area contributed by atoms with E-state index >= 15 is 0 Å². The number of carbonyl (C=O) groups is 1. The van der Waals surface area contributed by atoms with Crippen molar-refractivity contribution in [1.29, 1.82) is 0 Å². The summed E-state index contributed by atoms with van der Waals surface area (Å²) in [4.78, 5) is 15.4. The van der Waals surface area contributed by atoms with Crippen molar-refractivity contribution in [3.63, 3.8) is 0 Å². The first-order valence-electron chi connectivity index (χ1n) is 5.48. The third-order valence-electron chi connectivity index (χ3n) is 3.10. The minimum Gasteiger partial charge on any atom is -0.477 e. The predicted molar refractivity (Wildman–Crippen MR) is 62.4 cm³/mol. The van der Waals surface area contributed by atoms with Crippen molar-refractivity contribution in [3.05, 3.63) is 23.0 Å². The Morgan fingerprint density at radius 1 is 1.41 bits per heavy atom. The molecule has 3 rings (SSSR count). The second-order valence-corrected chi connectivity index (χ2v) is 4.53. The molecule has 1 aliphatic rings. The van der Waals surface area contributed by atoms with Gasteiger partial charge in [-0.15, -0.1) is 0 Å². The number of aromatic nitrogens is 3. The lowest BCUT2D eigenvalue weighted by Gasteiger charge is -2.16. The maximum atomic E-state index is 11.0. The standard InChI is InChI=1S/C11H10N3O2S/c15-11(16)7-5-12-14-9(7)13-8-4-2-1-3-6(8)10(14)17/h5H,1-4H2,(H,15,16). The maximum absolute atomic E-state index is 11.0. The summed E-state index contributed by atoms with van der Waals surface area (Å²) in [5, 5.41) is 13.7. The van der Waals surface area contributed by atoms with Crippen molar-refractivity contribution in [2.75, 3.05) is 0 Å². The lowest BCUT2D eigenvalue weighted by Crippen LogP contribution is -2.11. The van der Waals surface area contributed by atoms with Crippen LogP contribution in [0.25, 0.3) is 5.65 Å². The molecule has 5 nitrogen and oxygen atoms in total. The normalized spacial score (nSPS) is 14.8. The smallest absolute Gasteiger partial charge is 0.341 e. The van der Waals surface area contributed by atoms with E-state index in [0.717, 1.165) is 36.9 Å². The first-order valence-corrected chi connectivity index (χ1v) is 5.89. The van der Waals surface area contributed by atoms with Crippen molar-refractivity contribution < 1.29 is 9.90 Å². The van der Waals surface area contributed by atoms with Gasteiger partial charge in [0.1, 0.15) is 10.6 Å². The van der Waals surface area contributed by atoms with Crippen LogP contribution in [0.15, 0.2) is 11.2 Å². The molecule has 6 heteroatoms. The highest BCUT2D eigenvalue weighted by Gasteiger charge is 2.21. The first-order chi connectivity index (χ1) is 8.18. The van der Waals surface area contributed by atoms with Gasteiger partial charge in [-0.1, -0.05) is 12.6 Å². The molecule has 0 fully saturated rings. The fourth-order valence-electron chi connectivity index (χ4n) is 2.25. The van der Waals surface area contributed by atoms with Gasteiger partial charge in [-0.2, -0.15) is 5.10 Å². The van der Waals surface area contributed by atoms with Crippen LogP contribution in [0.3, 0.4) is 0 Å². The second kappa shape index (κ2) is 3.66. The van der Waals surface area contributed by atoms with Gasteiger partial charge in [-0.05, 0) is 25.7 Å². The fraction of sp³-hybridized carbons (Fsp3) is 0.364. The lowest BCUT2D eigenvalue weighted by atomic mass is 9.97. The molecule has 0 unspecified atom stereocenters. The molecule has 2 heterocycles. The number of carboxylic acid groups (broad SMARTS) is 1. The molecule has 0 atom stereocenters. The zero-order chi connectivity index (χ0) is 12.0. The maximum Gasteiger partial charge on any atom is 0.341 e. The monoisotopic (exact) mass is 248 g/mol. The van der Waals surface area contributed by atoms with Crippen LogP contribution < -0.4 is 0 Å². The molecule has 2 aromatic heterocycles. The number of hydrogen-bond acceptors (Lipinski definition) is 3. The van der Waals surface area contributed by atoms with Crippen molar-refractivity contribution >= 4 is 24.2 Å². The summed E-state index contributed by atoms with van der Waals surface area (Å²) in [6.07, 6.45) is 5.30. The molecular weight excluding hydrogens is 238 g/mol. The summed E-state index contributed by atoms with van der Waals surface area (Å²) >= 11 is 5.35. The highest BCUT2D eigenvalue weighted by Crippen LogP contribution is 2.27. The van der Waals surface area contributed by atoms with Gasteiger partial charge in [-0.3, -0.25) is 0 Å². The number of carboxylic acids is 1. The summed E-state index contributed by atoms with van der Waals surface area (Å²) in [6, 6.07) is 0. The largest absolute Gasteiger partial charge is 0.477 e. The summed E-state index contributed by atoms with van der Waals surface area (Å²) in [5.74, 6) is -1.02. The molecule has 0 spiro atoms. The zero-order valence-electron chi connectivity index (χ0n) is 9.01. The summed E-state index contributed by atoms with van der Waals surface area (Å²) in [7, 11) is 0. The molecule has 2 aromatic rings. The topological polar surface area (TPSA) is 67.5 Å². The summed E-state index contributed by atoms with van der Waals surface area (Å²) in [6.45, 7) is 0. The van der Waals surface area contributed by atoms with Crippen LogP contribution in [0.1, 0.15) is 34.5 Å². The molecule has 0 aliphatic heterocycles. The van der Waals surface area contributed by atoms with E-state index in [9.17, 15) is 4.79 Å². The van der Waals surface area contributed by atoms with Crippen LogP contribution in [0.4, 0.5) is 0 Å². The summed E-state index contributed by atoms with van der Waals surface area (Å²) < 4.78 is 1.46. The molecule has 0 bridgehead atoms. The lowest BCUT2D eigenvalue weighted by molar-refractivity contribution is 0.0698. The van der Waals surface area contributed by atoms with Crippen molar-refractivity contribution in [1.82, 2.24) is 14.6 Å². The highest BCUT2D eigenvalue weighted by molar-refractivity contribution is 7.80. The van der Waals surface area contributed by atoms with Gasteiger partial charge in [0, 0.05) is 11.3 Å². The fourth-order valence-corrected chi connectivity index (χ4v) is 2.60. The van der Waals surface area contributed by atoms with Crippen LogP contribution in [0.2, 0.25) is 0 Å². The second-order valence-electron chi connectivity index (χ2n) is 4.15. The zero-order valence-corrected chi connectivity index (χ0v) is 9.83. The predicted octanol–water partition coefficient (Wildman–Crippen LogP) is 1.86. The van der Waals surface area contributed by atoms with Crippen molar-refractivity contribution in [2.24, 2.45) is 0 Å².